The number of fused-ring (bicyclic) bond motifs is 1. The quantitative estimate of drug-likeness (QED) is 0.817. The van der Waals surface area contributed by atoms with Crippen molar-refractivity contribution >= 4 is 17.3 Å². The minimum atomic E-state index is 0.529. The molecule has 0 unspecified atom stereocenters. The number of anilines is 1. The lowest BCUT2D eigenvalue weighted by molar-refractivity contribution is 0.478. The number of hydrogen-bond acceptors (Lipinski definition) is 2. The molecule has 2 N–H and O–H groups in total. The minimum absolute atomic E-state index is 0.529. The molecule has 0 aliphatic heterocycles. The fourth-order valence-electron chi connectivity index (χ4n) is 2.53. The van der Waals surface area contributed by atoms with Gasteiger partial charge in [-0.3, -0.25) is 0 Å². The van der Waals surface area contributed by atoms with Crippen LogP contribution in [0.2, 0.25) is 5.02 Å². The Morgan fingerprint density at radius 1 is 1.11 bits per heavy atom. The van der Waals surface area contributed by atoms with Crippen molar-refractivity contribution in [2.45, 2.75) is 26.2 Å². The van der Waals surface area contributed by atoms with Crippen LogP contribution in [0.3, 0.4) is 0 Å². The summed E-state index contributed by atoms with van der Waals surface area (Å²) >= 11 is 6.04. The lowest BCUT2D eigenvalue weighted by atomic mass is 10.1. The van der Waals surface area contributed by atoms with E-state index in [1.807, 2.05) is 19.1 Å². The van der Waals surface area contributed by atoms with E-state index < -0.39 is 0 Å². The molecule has 0 radical (unpaired) electrons. The predicted octanol–water partition coefficient (Wildman–Crippen LogP) is 4.51. The SMILES string of the molecule is Cc1cc(N)c(Cl)cc1Oc1ccc2c(c1)CCC2. The standard InChI is InChI=1S/C16H16ClNO/c1-10-7-15(18)14(17)9-16(10)19-13-6-5-11-3-2-4-12(11)8-13/h5-9H,2-4,18H2,1H3. The third kappa shape index (κ3) is 2.41. The maximum atomic E-state index is 6.04. The van der Waals surface area contributed by atoms with Crippen molar-refractivity contribution in [1.29, 1.82) is 0 Å². The second-order valence-electron chi connectivity index (χ2n) is 5.03. The van der Waals surface area contributed by atoms with Gasteiger partial charge in [0.15, 0.2) is 0 Å². The van der Waals surface area contributed by atoms with Gasteiger partial charge < -0.3 is 10.5 Å². The van der Waals surface area contributed by atoms with E-state index in [0.29, 0.717) is 10.7 Å². The van der Waals surface area contributed by atoms with Crippen LogP contribution in [0.4, 0.5) is 5.69 Å². The van der Waals surface area contributed by atoms with Crippen LogP contribution in [-0.4, -0.2) is 0 Å². The molecule has 0 saturated carbocycles. The zero-order valence-electron chi connectivity index (χ0n) is 10.9. The Morgan fingerprint density at radius 3 is 2.74 bits per heavy atom. The molecule has 2 aromatic rings. The van der Waals surface area contributed by atoms with Gasteiger partial charge in [0.05, 0.1) is 10.7 Å². The van der Waals surface area contributed by atoms with E-state index in [1.54, 1.807) is 6.07 Å². The summed E-state index contributed by atoms with van der Waals surface area (Å²) in [5, 5.41) is 0.529. The second kappa shape index (κ2) is 4.78. The molecule has 19 heavy (non-hydrogen) atoms. The van der Waals surface area contributed by atoms with E-state index in [-0.39, 0.29) is 0 Å². The van der Waals surface area contributed by atoms with Crippen LogP contribution in [0.15, 0.2) is 30.3 Å². The molecule has 0 fully saturated rings. The molecule has 1 aliphatic rings. The molecule has 0 bridgehead atoms. The Morgan fingerprint density at radius 2 is 1.89 bits per heavy atom. The van der Waals surface area contributed by atoms with Crippen LogP contribution < -0.4 is 10.5 Å². The highest BCUT2D eigenvalue weighted by Crippen LogP contribution is 2.33. The first kappa shape index (κ1) is 12.4. The van der Waals surface area contributed by atoms with Gasteiger partial charge in [-0.15, -0.1) is 0 Å². The van der Waals surface area contributed by atoms with E-state index in [9.17, 15) is 0 Å². The van der Waals surface area contributed by atoms with Crippen molar-refractivity contribution in [2.75, 3.05) is 5.73 Å². The highest BCUT2D eigenvalue weighted by molar-refractivity contribution is 6.33. The number of nitrogen functional groups attached to an aromatic ring is 1. The first-order chi connectivity index (χ1) is 9.13. The lowest BCUT2D eigenvalue weighted by Gasteiger charge is -2.11. The molecule has 1 aliphatic carbocycles. The zero-order valence-corrected chi connectivity index (χ0v) is 11.6. The molecule has 0 atom stereocenters. The van der Waals surface area contributed by atoms with E-state index in [4.69, 9.17) is 22.1 Å². The summed E-state index contributed by atoms with van der Waals surface area (Å²) in [5.74, 6) is 1.63. The molecular weight excluding hydrogens is 258 g/mol. The van der Waals surface area contributed by atoms with Crippen molar-refractivity contribution in [1.82, 2.24) is 0 Å². The summed E-state index contributed by atoms with van der Waals surface area (Å²) in [7, 11) is 0. The molecule has 0 aromatic heterocycles. The largest absolute Gasteiger partial charge is 0.457 e. The molecule has 3 rings (SSSR count). The second-order valence-corrected chi connectivity index (χ2v) is 5.43. The minimum Gasteiger partial charge on any atom is -0.457 e. The molecule has 0 amide bonds. The maximum absolute atomic E-state index is 6.04. The van der Waals surface area contributed by atoms with Gasteiger partial charge in [-0.2, -0.15) is 0 Å². The van der Waals surface area contributed by atoms with Crippen LogP contribution in [0.5, 0.6) is 11.5 Å². The van der Waals surface area contributed by atoms with Crippen molar-refractivity contribution in [3.63, 3.8) is 0 Å². The number of rotatable bonds is 2. The fraction of sp³-hybridized carbons (Fsp3) is 0.250. The Hall–Kier alpha value is -1.67. The third-order valence-electron chi connectivity index (χ3n) is 3.59. The summed E-state index contributed by atoms with van der Waals surface area (Å²) in [6, 6.07) is 9.93. The zero-order chi connectivity index (χ0) is 13.4. The highest BCUT2D eigenvalue weighted by atomic mass is 35.5. The number of nitrogens with two attached hydrogens (primary N) is 1. The van der Waals surface area contributed by atoms with Crippen molar-refractivity contribution < 1.29 is 4.74 Å². The van der Waals surface area contributed by atoms with E-state index in [0.717, 1.165) is 23.5 Å². The highest BCUT2D eigenvalue weighted by Gasteiger charge is 2.12. The van der Waals surface area contributed by atoms with E-state index in [1.165, 1.54) is 24.0 Å². The van der Waals surface area contributed by atoms with Crippen LogP contribution in [0.1, 0.15) is 23.1 Å². The first-order valence-corrected chi connectivity index (χ1v) is 6.86. The number of ether oxygens (including phenoxy) is 1. The van der Waals surface area contributed by atoms with Gasteiger partial charge in [-0.25, -0.2) is 0 Å². The topological polar surface area (TPSA) is 35.2 Å². The summed E-state index contributed by atoms with van der Waals surface area (Å²) in [4.78, 5) is 0. The van der Waals surface area contributed by atoms with Crippen LogP contribution in [0.25, 0.3) is 0 Å². The Labute approximate surface area is 118 Å². The smallest absolute Gasteiger partial charge is 0.131 e. The molecule has 2 aromatic carbocycles. The first-order valence-electron chi connectivity index (χ1n) is 6.49. The fourth-order valence-corrected chi connectivity index (χ4v) is 2.69. The maximum Gasteiger partial charge on any atom is 0.131 e. The lowest BCUT2D eigenvalue weighted by Crippen LogP contribution is -1.93. The molecule has 0 spiro atoms. The van der Waals surface area contributed by atoms with Crippen molar-refractivity contribution in [3.05, 3.63) is 52.0 Å². The van der Waals surface area contributed by atoms with Gasteiger partial charge in [0, 0.05) is 6.07 Å². The van der Waals surface area contributed by atoms with Gasteiger partial charge >= 0.3 is 0 Å². The number of aryl methyl sites for hydroxylation is 3. The Balaban J connectivity index is 1.91. The summed E-state index contributed by atoms with van der Waals surface area (Å²) in [6.07, 6.45) is 3.57. The molecular formula is C16H16ClNO. The van der Waals surface area contributed by atoms with Crippen LogP contribution in [0, 0.1) is 6.92 Å². The molecule has 0 heterocycles. The van der Waals surface area contributed by atoms with E-state index in [2.05, 4.69) is 12.1 Å². The van der Waals surface area contributed by atoms with Crippen LogP contribution >= 0.6 is 11.6 Å². The summed E-state index contributed by atoms with van der Waals surface area (Å²) in [6.45, 7) is 1.97. The Bertz CT molecular complexity index is 637. The van der Waals surface area contributed by atoms with Crippen LogP contribution in [-0.2, 0) is 12.8 Å². The number of hydrogen-bond donors (Lipinski definition) is 1. The molecule has 2 nitrogen and oxygen atoms in total. The third-order valence-corrected chi connectivity index (χ3v) is 3.92. The predicted molar refractivity (Wildman–Crippen MR) is 79.1 cm³/mol. The monoisotopic (exact) mass is 273 g/mol. The summed E-state index contributed by atoms with van der Waals surface area (Å²) in [5.41, 5.74) is 10.2. The summed E-state index contributed by atoms with van der Waals surface area (Å²) < 4.78 is 5.93. The van der Waals surface area contributed by atoms with Gasteiger partial charge in [0.2, 0.25) is 0 Å². The normalized spacial score (nSPS) is 13.4. The van der Waals surface area contributed by atoms with Crippen molar-refractivity contribution in [2.24, 2.45) is 0 Å². The van der Waals surface area contributed by atoms with E-state index >= 15 is 0 Å². The van der Waals surface area contributed by atoms with Gasteiger partial charge in [-0.05, 0) is 61.1 Å². The average Bonchev–Trinajstić information content (AvgIpc) is 2.83. The van der Waals surface area contributed by atoms with Gasteiger partial charge in [-0.1, -0.05) is 17.7 Å². The molecule has 98 valence electrons. The van der Waals surface area contributed by atoms with Gasteiger partial charge in [0.25, 0.3) is 0 Å². The Kier molecular flexibility index (Phi) is 3.11. The number of benzene rings is 2. The average molecular weight is 274 g/mol. The number of halogens is 1. The van der Waals surface area contributed by atoms with Gasteiger partial charge in [0.1, 0.15) is 11.5 Å². The van der Waals surface area contributed by atoms with Crippen molar-refractivity contribution in [3.8, 4) is 11.5 Å². The molecule has 0 saturated heterocycles. The molecule has 3 heteroatoms.